The summed E-state index contributed by atoms with van der Waals surface area (Å²) < 4.78 is 0. The Balaban J connectivity index is 2.08. The zero-order valence-electron chi connectivity index (χ0n) is 13.8. The molecule has 23 heavy (non-hydrogen) atoms. The smallest absolute Gasteiger partial charge is 0.214 e. The Morgan fingerprint density at radius 2 is 2.04 bits per heavy atom. The molecule has 0 atom stereocenters. The van der Waals surface area contributed by atoms with Crippen molar-refractivity contribution in [2.45, 2.75) is 39.2 Å². The third kappa shape index (κ3) is 2.75. The molecule has 0 spiro atoms. The number of hydrogen-bond acceptors (Lipinski definition) is 3. The molecule has 0 fully saturated rings. The van der Waals surface area contributed by atoms with E-state index in [4.69, 9.17) is 4.98 Å². The third-order valence-corrected chi connectivity index (χ3v) is 4.61. The van der Waals surface area contributed by atoms with Gasteiger partial charge in [0.1, 0.15) is 0 Å². The number of rotatable bonds is 4. The predicted octanol–water partition coefficient (Wildman–Crippen LogP) is 2.73. The fourth-order valence-electron chi connectivity index (χ4n) is 3.28. The van der Waals surface area contributed by atoms with Crippen LogP contribution < -0.4 is 4.90 Å². The number of hydrogen-bond donors (Lipinski definition) is 1. The molecule has 0 unspecified atom stereocenters. The average Bonchev–Trinajstić information content (AvgIpc) is 2.79. The largest absolute Gasteiger partial charge is 0.390 e. The second kappa shape index (κ2) is 5.78. The molecule has 0 saturated heterocycles. The monoisotopic (exact) mass is 310 g/mol. The van der Waals surface area contributed by atoms with Gasteiger partial charge in [-0.25, -0.2) is 0 Å². The van der Waals surface area contributed by atoms with Crippen molar-refractivity contribution in [1.29, 1.82) is 0 Å². The van der Waals surface area contributed by atoms with Crippen LogP contribution in [0.3, 0.4) is 0 Å². The van der Waals surface area contributed by atoms with Crippen molar-refractivity contribution >= 4 is 12.1 Å². The highest BCUT2D eigenvalue weighted by Gasteiger charge is 2.37. The van der Waals surface area contributed by atoms with Crippen molar-refractivity contribution in [3.63, 3.8) is 0 Å². The van der Waals surface area contributed by atoms with Gasteiger partial charge in [-0.05, 0) is 36.1 Å². The molecule has 4 nitrogen and oxygen atoms in total. The quantitative estimate of drug-likeness (QED) is 0.884. The summed E-state index contributed by atoms with van der Waals surface area (Å²) in [6.45, 7) is 6.76. The standard InChI is InChI=1S/C19H22N2O2/c1-13-6-4-5-7-14(13)8-15-9-17-18(20-16(15)10-22)19(2,3)11-21(17)12-23/h4-7,9,12,22H,8,10-11H2,1-3H3. The van der Waals surface area contributed by atoms with Gasteiger partial charge in [0.25, 0.3) is 0 Å². The molecule has 1 aliphatic rings. The van der Waals surface area contributed by atoms with E-state index < -0.39 is 0 Å². The van der Waals surface area contributed by atoms with Crippen LogP contribution in [-0.2, 0) is 23.2 Å². The first-order valence-corrected chi connectivity index (χ1v) is 7.87. The van der Waals surface area contributed by atoms with Crippen LogP contribution in [0.1, 0.15) is 41.9 Å². The molecular formula is C19H22N2O2. The zero-order chi connectivity index (χ0) is 16.6. The van der Waals surface area contributed by atoms with Crippen LogP contribution in [0.5, 0.6) is 0 Å². The van der Waals surface area contributed by atoms with Crippen LogP contribution in [-0.4, -0.2) is 23.0 Å². The van der Waals surface area contributed by atoms with Crippen molar-refractivity contribution in [1.82, 2.24) is 4.98 Å². The fourth-order valence-corrected chi connectivity index (χ4v) is 3.28. The highest BCUT2D eigenvalue weighted by molar-refractivity contribution is 5.81. The number of aryl methyl sites for hydroxylation is 1. The molecule has 1 aromatic heterocycles. The van der Waals surface area contributed by atoms with Gasteiger partial charge in [0.2, 0.25) is 6.41 Å². The second-order valence-electron chi connectivity index (χ2n) is 6.84. The van der Waals surface area contributed by atoms with Crippen molar-refractivity contribution in [2.75, 3.05) is 11.4 Å². The normalized spacial score (nSPS) is 15.6. The summed E-state index contributed by atoms with van der Waals surface area (Å²) in [4.78, 5) is 17.8. The number of amides is 1. The summed E-state index contributed by atoms with van der Waals surface area (Å²) in [7, 11) is 0. The Morgan fingerprint density at radius 3 is 2.70 bits per heavy atom. The van der Waals surface area contributed by atoms with E-state index in [1.54, 1.807) is 4.90 Å². The van der Waals surface area contributed by atoms with E-state index in [1.165, 1.54) is 11.1 Å². The molecule has 0 aliphatic carbocycles. The lowest BCUT2D eigenvalue weighted by Crippen LogP contribution is -2.27. The first kappa shape index (κ1) is 15.7. The van der Waals surface area contributed by atoms with Gasteiger partial charge in [0.05, 0.1) is 23.7 Å². The van der Waals surface area contributed by atoms with E-state index in [0.29, 0.717) is 18.7 Å². The molecule has 120 valence electrons. The highest BCUT2D eigenvalue weighted by Crippen LogP contribution is 2.39. The van der Waals surface area contributed by atoms with Crippen LogP contribution in [0, 0.1) is 6.92 Å². The minimum absolute atomic E-state index is 0.0916. The third-order valence-electron chi connectivity index (χ3n) is 4.61. The molecule has 1 amide bonds. The molecule has 2 aromatic rings. The molecule has 4 heteroatoms. The van der Waals surface area contributed by atoms with Crippen LogP contribution in [0.4, 0.5) is 5.69 Å². The maximum absolute atomic E-state index is 11.4. The van der Waals surface area contributed by atoms with E-state index in [2.05, 4.69) is 32.9 Å². The molecule has 1 aliphatic heterocycles. The first-order chi connectivity index (χ1) is 11.0. The number of nitrogens with zero attached hydrogens (tertiary/aromatic N) is 2. The number of carbonyl (C=O) groups is 1. The Labute approximate surface area is 136 Å². The Bertz CT molecular complexity index is 753. The van der Waals surface area contributed by atoms with E-state index in [1.807, 2.05) is 18.2 Å². The van der Waals surface area contributed by atoms with Gasteiger partial charge in [-0.3, -0.25) is 9.78 Å². The maximum atomic E-state index is 11.4. The van der Waals surface area contributed by atoms with Crippen LogP contribution in [0.25, 0.3) is 0 Å². The number of anilines is 1. The first-order valence-electron chi connectivity index (χ1n) is 7.87. The number of aliphatic hydroxyl groups excluding tert-OH is 1. The lowest BCUT2D eigenvalue weighted by atomic mass is 9.90. The Morgan fingerprint density at radius 1 is 1.30 bits per heavy atom. The van der Waals surface area contributed by atoms with Crippen LogP contribution >= 0.6 is 0 Å². The number of aliphatic hydroxyl groups is 1. The Hall–Kier alpha value is -2.20. The number of aromatic nitrogens is 1. The molecule has 1 aromatic carbocycles. The summed E-state index contributed by atoms with van der Waals surface area (Å²) in [6, 6.07) is 10.2. The summed E-state index contributed by atoms with van der Waals surface area (Å²) >= 11 is 0. The topological polar surface area (TPSA) is 53.4 Å². The minimum atomic E-state index is -0.193. The summed E-state index contributed by atoms with van der Waals surface area (Å²) in [5, 5.41) is 9.74. The van der Waals surface area contributed by atoms with Crippen molar-refractivity contribution < 1.29 is 9.90 Å². The van der Waals surface area contributed by atoms with E-state index in [9.17, 15) is 9.90 Å². The van der Waals surface area contributed by atoms with Gasteiger partial charge in [-0.1, -0.05) is 38.1 Å². The van der Waals surface area contributed by atoms with Gasteiger partial charge in [0, 0.05) is 12.0 Å². The second-order valence-corrected chi connectivity index (χ2v) is 6.84. The van der Waals surface area contributed by atoms with Crippen molar-refractivity contribution in [3.05, 3.63) is 58.4 Å². The maximum Gasteiger partial charge on any atom is 0.214 e. The summed E-state index contributed by atoms with van der Waals surface area (Å²) in [5.41, 5.74) is 5.66. The van der Waals surface area contributed by atoms with Gasteiger partial charge in [0.15, 0.2) is 0 Å². The summed E-state index contributed by atoms with van der Waals surface area (Å²) in [6.07, 6.45) is 1.57. The fraction of sp³-hybridized carbons (Fsp3) is 0.368. The molecule has 3 rings (SSSR count). The highest BCUT2D eigenvalue weighted by atomic mass is 16.3. The SMILES string of the molecule is Cc1ccccc1Cc1cc2c(nc1CO)C(C)(C)CN2C=O. The molecule has 0 bridgehead atoms. The van der Waals surface area contributed by atoms with E-state index in [-0.39, 0.29) is 12.0 Å². The van der Waals surface area contributed by atoms with Gasteiger partial charge in [-0.15, -0.1) is 0 Å². The van der Waals surface area contributed by atoms with Crippen molar-refractivity contribution in [2.24, 2.45) is 0 Å². The number of pyridine rings is 1. The Kier molecular flexibility index (Phi) is 3.94. The van der Waals surface area contributed by atoms with Gasteiger partial charge in [-0.2, -0.15) is 0 Å². The minimum Gasteiger partial charge on any atom is -0.390 e. The summed E-state index contributed by atoms with van der Waals surface area (Å²) in [5.74, 6) is 0. The van der Waals surface area contributed by atoms with Crippen molar-refractivity contribution in [3.8, 4) is 0 Å². The lowest BCUT2D eigenvalue weighted by Gasteiger charge is -2.18. The lowest BCUT2D eigenvalue weighted by molar-refractivity contribution is -0.107. The van der Waals surface area contributed by atoms with E-state index >= 15 is 0 Å². The number of benzene rings is 1. The predicted molar refractivity (Wildman–Crippen MR) is 90.6 cm³/mol. The molecule has 0 saturated carbocycles. The van der Waals surface area contributed by atoms with Crippen LogP contribution in [0.2, 0.25) is 0 Å². The average molecular weight is 310 g/mol. The van der Waals surface area contributed by atoms with Crippen LogP contribution in [0.15, 0.2) is 30.3 Å². The molecule has 2 heterocycles. The molecule has 1 N–H and O–H groups in total. The van der Waals surface area contributed by atoms with Gasteiger partial charge >= 0.3 is 0 Å². The zero-order valence-corrected chi connectivity index (χ0v) is 13.8. The van der Waals surface area contributed by atoms with E-state index in [0.717, 1.165) is 23.4 Å². The molecule has 0 radical (unpaired) electrons. The van der Waals surface area contributed by atoms with Gasteiger partial charge < -0.3 is 10.0 Å². The number of carbonyl (C=O) groups excluding carboxylic acids is 1. The molecular weight excluding hydrogens is 288 g/mol. The number of fused-ring (bicyclic) bond motifs is 1.